The maximum Gasteiger partial charge on any atom is 0.134 e. The Hall–Kier alpha value is -1.40. The lowest BCUT2D eigenvalue weighted by molar-refractivity contribution is 0.0727. The van der Waals surface area contributed by atoms with Crippen molar-refractivity contribution in [3.8, 4) is 0 Å². The van der Waals surface area contributed by atoms with Crippen molar-refractivity contribution in [1.82, 2.24) is 9.97 Å². The summed E-state index contributed by atoms with van der Waals surface area (Å²) < 4.78 is 4.89. The van der Waals surface area contributed by atoms with Crippen LogP contribution in [0.4, 0.5) is 11.6 Å². The van der Waals surface area contributed by atoms with Gasteiger partial charge in [-0.2, -0.15) is 0 Å². The van der Waals surface area contributed by atoms with Gasteiger partial charge in [-0.3, -0.25) is 0 Å². The molecule has 0 aromatic carbocycles. The minimum atomic E-state index is -0.545. The third kappa shape index (κ3) is 5.00. The Balaban J connectivity index is 2.71. The normalized spacial score (nSPS) is 12.2. The number of rotatable bonds is 9. The molecule has 0 aliphatic heterocycles. The van der Waals surface area contributed by atoms with Crippen LogP contribution in [0.25, 0.3) is 0 Å². The van der Waals surface area contributed by atoms with Gasteiger partial charge in [-0.05, 0) is 12.8 Å². The number of anilines is 2. The molecule has 1 heterocycles. The SMILES string of the molecule is CCCNc1ncnc(NCC(O)COC)c1CC. The van der Waals surface area contributed by atoms with Crippen molar-refractivity contribution in [2.24, 2.45) is 0 Å². The number of aliphatic hydroxyl groups excluding tert-OH is 1. The van der Waals surface area contributed by atoms with E-state index in [1.807, 2.05) is 0 Å². The molecule has 108 valence electrons. The smallest absolute Gasteiger partial charge is 0.134 e. The molecule has 0 aliphatic rings. The highest BCUT2D eigenvalue weighted by atomic mass is 16.5. The lowest BCUT2D eigenvalue weighted by Gasteiger charge is -2.16. The van der Waals surface area contributed by atoms with Gasteiger partial charge in [0.05, 0.1) is 12.7 Å². The number of hydrogen-bond acceptors (Lipinski definition) is 6. The Morgan fingerprint density at radius 1 is 1.26 bits per heavy atom. The zero-order valence-corrected chi connectivity index (χ0v) is 11.9. The zero-order chi connectivity index (χ0) is 14.1. The lowest BCUT2D eigenvalue weighted by atomic mass is 10.2. The average Bonchev–Trinajstić information content (AvgIpc) is 2.43. The highest BCUT2D eigenvalue weighted by Crippen LogP contribution is 2.20. The van der Waals surface area contributed by atoms with Crippen LogP contribution in [0.3, 0.4) is 0 Å². The van der Waals surface area contributed by atoms with Crippen LogP contribution in [-0.2, 0) is 11.2 Å². The van der Waals surface area contributed by atoms with Crippen molar-refractivity contribution in [2.75, 3.05) is 37.4 Å². The molecule has 6 nitrogen and oxygen atoms in total. The van der Waals surface area contributed by atoms with Crippen LogP contribution in [0.2, 0.25) is 0 Å². The number of hydrogen-bond donors (Lipinski definition) is 3. The zero-order valence-electron chi connectivity index (χ0n) is 11.9. The molecule has 0 spiro atoms. The Morgan fingerprint density at radius 3 is 2.53 bits per heavy atom. The Morgan fingerprint density at radius 2 is 1.95 bits per heavy atom. The average molecular weight is 268 g/mol. The molecule has 1 rings (SSSR count). The van der Waals surface area contributed by atoms with Gasteiger partial charge in [-0.1, -0.05) is 13.8 Å². The molecule has 0 saturated heterocycles. The van der Waals surface area contributed by atoms with Gasteiger partial charge in [0.25, 0.3) is 0 Å². The lowest BCUT2D eigenvalue weighted by Crippen LogP contribution is -2.25. The van der Waals surface area contributed by atoms with Crippen LogP contribution >= 0.6 is 0 Å². The predicted octanol–water partition coefficient (Wildman–Crippen LogP) is 1.28. The summed E-state index contributed by atoms with van der Waals surface area (Å²) in [4.78, 5) is 8.50. The van der Waals surface area contributed by atoms with Crippen molar-refractivity contribution in [2.45, 2.75) is 32.8 Å². The van der Waals surface area contributed by atoms with E-state index < -0.39 is 6.10 Å². The van der Waals surface area contributed by atoms with Gasteiger partial charge in [0.2, 0.25) is 0 Å². The van der Waals surface area contributed by atoms with Crippen LogP contribution in [0.5, 0.6) is 0 Å². The van der Waals surface area contributed by atoms with Crippen molar-refractivity contribution in [3.63, 3.8) is 0 Å². The second-order valence-corrected chi connectivity index (χ2v) is 4.32. The van der Waals surface area contributed by atoms with E-state index in [9.17, 15) is 5.11 Å². The summed E-state index contributed by atoms with van der Waals surface area (Å²) in [5.41, 5.74) is 1.04. The first-order valence-corrected chi connectivity index (χ1v) is 6.71. The third-order valence-electron chi connectivity index (χ3n) is 2.71. The molecule has 1 unspecified atom stereocenters. The first kappa shape index (κ1) is 15.7. The van der Waals surface area contributed by atoms with Gasteiger partial charge >= 0.3 is 0 Å². The molecule has 0 fully saturated rings. The van der Waals surface area contributed by atoms with Gasteiger partial charge in [-0.15, -0.1) is 0 Å². The van der Waals surface area contributed by atoms with Gasteiger partial charge in [0, 0.05) is 25.8 Å². The minimum Gasteiger partial charge on any atom is -0.389 e. The van der Waals surface area contributed by atoms with Gasteiger partial charge in [0.1, 0.15) is 18.0 Å². The van der Waals surface area contributed by atoms with E-state index in [0.717, 1.165) is 36.6 Å². The number of ether oxygens (including phenoxy) is 1. The summed E-state index contributed by atoms with van der Waals surface area (Å²) in [6, 6.07) is 0. The van der Waals surface area contributed by atoms with Crippen LogP contribution in [0.15, 0.2) is 6.33 Å². The number of aliphatic hydroxyl groups is 1. The van der Waals surface area contributed by atoms with Gasteiger partial charge < -0.3 is 20.5 Å². The van der Waals surface area contributed by atoms with E-state index >= 15 is 0 Å². The van der Waals surface area contributed by atoms with E-state index in [2.05, 4.69) is 34.4 Å². The summed E-state index contributed by atoms with van der Waals surface area (Å²) in [7, 11) is 1.57. The van der Waals surface area contributed by atoms with Gasteiger partial charge in [0.15, 0.2) is 0 Å². The van der Waals surface area contributed by atoms with Crippen LogP contribution in [0.1, 0.15) is 25.8 Å². The molecule has 3 N–H and O–H groups in total. The van der Waals surface area contributed by atoms with E-state index in [0.29, 0.717) is 13.2 Å². The van der Waals surface area contributed by atoms with Crippen molar-refractivity contribution in [3.05, 3.63) is 11.9 Å². The molecule has 19 heavy (non-hydrogen) atoms. The maximum absolute atomic E-state index is 9.64. The van der Waals surface area contributed by atoms with E-state index in [4.69, 9.17) is 4.74 Å². The Labute approximate surface area is 114 Å². The van der Waals surface area contributed by atoms with Gasteiger partial charge in [-0.25, -0.2) is 9.97 Å². The van der Waals surface area contributed by atoms with Crippen LogP contribution < -0.4 is 10.6 Å². The fourth-order valence-electron chi connectivity index (χ4n) is 1.76. The molecule has 0 saturated carbocycles. The summed E-state index contributed by atoms with van der Waals surface area (Å²) in [5, 5.41) is 16.1. The van der Waals surface area contributed by atoms with Crippen molar-refractivity contribution < 1.29 is 9.84 Å². The second kappa shape index (κ2) is 8.66. The molecule has 6 heteroatoms. The molecule has 0 radical (unpaired) electrons. The molecular formula is C13H24N4O2. The van der Waals surface area contributed by atoms with E-state index in [1.165, 1.54) is 6.33 Å². The van der Waals surface area contributed by atoms with Crippen molar-refractivity contribution >= 4 is 11.6 Å². The van der Waals surface area contributed by atoms with Crippen molar-refractivity contribution in [1.29, 1.82) is 0 Å². The molecule has 1 aromatic heterocycles. The summed E-state index contributed by atoms with van der Waals surface area (Å²) in [5.74, 6) is 1.63. The minimum absolute atomic E-state index is 0.306. The largest absolute Gasteiger partial charge is 0.389 e. The molecule has 0 amide bonds. The molecule has 1 atom stereocenters. The second-order valence-electron chi connectivity index (χ2n) is 4.32. The predicted molar refractivity (Wildman–Crippen MR) is 76.6 cm³/mol. The Kier molecular flexibility index (Phi) is 7.14. The van der Waals surface area contributed by atoms with Crippen LogP contribution in [-0.4, -0.2) is 48.0 Å². The highest BCUT2D eigenvalue weighted by Gasteiger charge is 2.10. The number of nitrogens with zero attached hydrogens (tertiary/aromatic N) is 2. The first-order valence-electron chi connectivity index (χ1n) is 6.71. The summed E-state index contributed by atoms with van der Waals surface area (Å²) in [6.45, 7) is 5.77. The summed E-state index contributed by atoms with van der Waals surface area (Å²) >= 11 is 0. The molecule has 0 aliphatic carbocycles. The standard InChI is InChI=1S/C13H24N4O2/c1-4-6-14-12-11(5-2)13(17-9-16-12)15-7-10(18)8-19-3/h9-10,18H,4-8H2,1-3H3,(H2,14,15,16,17). The van der Waals surface area contributed by atoms with Crippen LogP contribution in [0, 0.1) is 0 Å². The molecule has 1 aromatic rings. The maximum atomic E-state index is 9.64. The number of nitrogens with one attached hydrogen (secondary N) is 2. The van der Waals surface area contributed by atoms with E-state index in [1.54, 1.807) is 7.11 Å². The van der Waals surface area contributed by atoms with E-state index in [-0.39, 0.29) is 0 Å². The topological polar surface area (TPSA) is 79.3 Å². The fraction of sp³-hybridized carbons (Fsp3) is 0.692. The monoisotopic (exact) mass is 268 g/mol. The Bertz CT molecular complexity index is 374. The fourth-order valence-corrected chi connectivity index (χ4v) is 1.76. The number of methoxy groups -OCH3 is 1. The molecular weight excluding hydrogens is 244 g/mol. The third-order valence-corrected chi connectivity index (χ3v) is 2.71. The molecule has 0 bridgehead atoms. The first-order chi connectivity index (χ1) is 9.22. The number of aromatic nitrogens is 2. The quantitative estimate of drug-likeness (QED) is 0.626. The highest BCUT2D eigenvalue weighted by molar-refractivity contribution is 5.57. The summed E-state index contributed by atoms with van der Waals surface area (Å²) in [6.07, 6.45) is 2.86.